The molecule has 9 rings (SSSR count). The number of nitrogens with zero attached hydrogens (tertiary/aromatic N) is 1. The van der Waals surface area contributed by atoms with Crippen LogP contribution in [0.5, 0.6) is 0 Å². The third-order valence-electron chi connectivity index (χ3n) is 12.0. The van der Waals surface area contributed by atoms with Crippen molar-refractivity contribution in [2.24, 2.45) is 0 Å². The first-order valence-corrected chi connectivity index (χ1v) is 16.4. The Bertz CT molecular complexity index is 2140. The maximum atomic E-state index is 2.67. The van der Waals surface area contributed by atoms with Crippen molar-refractivity contribution in [3.63, 3.8) is 0 Å². The van der Waals surface area contributed by atoms with Crippen LogP contribution in [0, 0.1) is 0 Å². The summed E-state index contributed by atoms with van der Waals surface area (Å²) in [6, 6.07) is 43.8. The lowest BCUT2D eigenvalue weighted by atomic mass is 9.61. The summed E-state index contributed by atoms with van der Waals surface area (Å²) in [5.74, 6) is 0. The van der Waals surface area contributed by atoms with Gasteiger partial charge in [0, 0.05) is 22.2 Å². The first-order valence-electron chi connectivity index (χ1n) is 16.4. The summed E-state index contributed by atoms with van der Waals surface area (Å²) < 4.78 is 0. The average Bonchev–Trinajstić information content (AvgIpc) is 3.41. The van der Waals surface area contributed by atoms with Crippen molar-refractivity contribution in [1.82, 2.24) is 0 Å². The number of benzene rings is 6. The van der Waals surface area contributed by atoms with Crippen LogP contribution in [0.15, 0.2) is 115 Å². The molecule has 1 heterocycles. The minimum atomic E-state index is -0.0602. The molecule has 6 aromatic rings. The Labute approximate surface area is 261 Å². The number of fused-ring (bicyclic) bond motifs is 10. The fraction of sp³-hybridized carbons (Fsp3) is 0.256. The molecule has 2 atom stereocenters. The molecule has 0 aromatic heterocycles. The van der Waals surface area contributed by atoms with Crippen molar-refractivity contribution >= 4 is 32.9 Å². The maximum absolute atomic E-state index is 2.67. The summed E-state index contributed by atoms with van der Waals surface area (Å²) in [5, 5.41) is 5.35. The second-order valence-electron chi connectivity index (χ2n) is 14.5. The van der Waals surface area contributed by atoms with Gasteiger partial charge in [0.2, 0.25) is 0 Å². The first kappa shape index (κ1) is 26.1. The highest BCUT2D eigenvalue weighted by Crippen LogP contribution is 2.61. The summed E-state index contributed by atoms with van der Waals surface area (Å²) in [4.78, 5) is 2.67. The van der Waals surface area contributed by atoms with Crippen LogP contribution in [-0.2, 0) is 10.8 Å². The van der Waals surface area contributed by atoms with E-state index < -0.39 is 0 Å². The van der Waals surface area contributed by atoms with Gasteiger partial charge >= 0.3 is 0 Å². The van der Waals surface area contributed by atoms with E-state index in [0.29, 0.717) is 0 Å². The average molecular weight is 570 g/mol. The molecule has 216 valence electrons. The predicted molar refractivity (Wildman–Crippen MR) is 187 cm³/mol. The number of rotatable bonds is 2. The molecule has 1 saturated carbocycles. The van der Waals surface area contributed by atoms with Gasteiger partial charge in [0.1, 0.15) is 0 Å². The topological polar surface area (TPSA) is 3.24 Å². The van der Waals surface area contributed by atoms with Crippen molar-refractivity contribution in [2.75, 3.05) is 4.90 Å². The number of anilines is 2. The zero-order valence-corrected chi connectivity index (χ0v) is 26.2. The molecule has 1 aliphatic heterocycles. The molecule has 3 aliphatic rings. The van der Waals surface area contributed by atoms with Gasteiger partial charge in [0.15, 0.2) is 0 Å². The van der Waals surface area contributed by atoms with Gasteiger partial charge in [-0.25, -0.2) is 0 Å². The van der Waals surface area contributed by atoms with Gasteiger partial charge in [-0.2, -0.15) is 0 Å². The monoisotopic (exact) mass is 569 g/mol. The third kappa shape index (κ3) is 3.25. The molecule has 2 aliphatic carbocycles. The van der Waals surface area contributed by atoms with Gasteiger partial charge in [0.05, 0.1) is 5.54 Å². The zero-order valence-electron chi connectivity index (χ0n) is 26.2. The molecule has 0 saturated heterocycles. The Balaban J connectivity index is 1.20. The minimum absolute atomic E-state index is 0.0602. The van der Waals surface area contributed by atoms with Gasteiger partial charge in [-0.1, -0.05) is 119 Å². The fourth-order valence-corrected chi connectivity index (χ4v) is 9.40. The van der Waals surface area contributed by atoms with Crippen molar-refractivity contribution in [3.8, 4) is 22.3 Å². The van der Waals surface area contributed by atoms with Gasteiger partial charge in [0.25, 0.3) is 0 Å². The lowest BCUT2D eigenvalue weighted by Gasteiger charge is -2.50. The summed E-state index contributed by atoms with van der Waals surface area (Å²) in [6.07, 6.45) is 5.04. The Morgan fingerprint density at radius 1 is 0.545 bits per heavy atom. The normalized spacial score (nSPS) is 23.0. The van der Waals surface area contributed by atoms with Crippen LogP contribution in [-0.4, -0.2) is 5.54 Å². The van der Waals surface area contributed by atoms with Gasteiger partial charge in [-0.05, 0) is 111 Å². The summed E-state index contributed by atoms with van der Waals surface area (Å²) >= 11 is 0. The van der Waals surface area contributed by atoms with Crippen LogP contribution in [0.4, 0.5) is 11.4 Å². The summed E-state index contributed by atoms with van der Waals surface area (Å²) in [7, 11) is 0. The molecule has 0 spiro atoms. The molecular formula is C43H39N. The van der Waals surface area contributed by atoms with Crippen LogP contribution in [0.1, 0.15) is 70.1 Å². The molecule has 0 radical (unpaired) electrons. The zero-order chi connectivity index (χ0) is 29.8. The van der Waals surface area contributed by atoms with E-state index in [-0.39, 0.29) is 16.4 Å². The van der Waals surface area contributed by atoms with Gasteiger partial charge < -0.3 is 4.90 Å². The van der Waals surface area contributed by atoms with Crippen molar-refractivity contribution in [2.45, 2.75) is 69.7 Å². The number of hydrogen-bond donors (Lipinski definition) is 0. The number of para-hydroxylation sites is 1. The SMILES string of the molecule is CC1(C)c2cc(-c3ccc4c(c3)C3(C)CCCCC3(C)N4c3ccccc3)ccc2-c2c1ccc1c2ccc2ccccc21. The van der Waals surface area contributed by atoms with E-state index in [0.717, 1.165) is 0 Å². The van der Waals surface area contributed by atoms with Crippen molar-refractivity contribution in [1.29, 1.82) is 0 Å². The summed E-state index contributed by atoms with van der Waals surface area (Å²) in [5.41, 5.74) is 12.7. The van der Waals surface area contributed by atoms with Crippen molar-refractivity contribution < 1.29 is 0 Å². The molecule has 44 heavy (non-hydrogen) atoms. The quantitative estimate of drug-likeness (QED) is 0.187. The molecule has 1 fully saturated rings. The van der Waals surface area contributed by atoms with Gasteiger partial charge in [-0.15, -0.1) is 0 Å². The highest BCUT2D eigenvalue weighted by Gasteiger charge is 2.57. The van der Waals surface area contributed by atoms with E-state index >= 15 is 0 Å². The number of hydrogen-bond acceptors (Lipinski definition) is 1. The second-order valence-corrected chi connectivity index (χ2v) is 14.5. The first-order chi connectivity index (χ1) is 21.3. The Hall–Kier alpha value is -4.36. The van der Waals surface area contributed by atoms with E-state index in [2.05, 4.69) is 148 Å². The maximum Gasteiger partial charge on any atom is 0.0517 e. The second kappa shape index (κ2) is 8.85. The van der Waals surface area contributed by atoms with E-state index in [1.807, 2.05) is 0 Å². The minimum Gasteiger partial charge on any atom is -0.334 e. The van der Waals surface area contributed by atoms with E-state index in [4.69, 9.17) is 0 Å². The van der Waals surface area contributed by atoms with Gasteiger partial charge in [-0.3, -0.25) is 0 Å². The molecule has 6 aromatic carbocycles. The molecular weight excluding hydrogens is 530 g/mol. The van der Waals surface area contributed by atoms with Crippen LogP contribution in [0.25, 0.3) is 43.8 Å². The van der Waals surface area contributed by atoms with Crippen molar-refractivity contribution in [3.05, 3.63) is 132 Å². The molecule has 0 bridgehead atoms. The van der Waals surface area contributed by atoms with E-state index in [1.165, 1.54) is 97.5 Å². The smallest absolute Gasteiger partial charge is 0.0517 e. The van der Waals surface area contributed by atoms with Crippen LogP contribution in [0.2, 0.25) is 0 Å². The Morgan fingerprint density at radius 2 is 1.25 bits per heavy atom. The Morgan fingerprint density at radius 3 is 2.09 bits per heavy atom. The Kier molecular flexibility index (Phi) is 5.25. The lowest BCUT2D eigenvalue weighted by molar-refractivity contribution is 0.195. The van der Waals surface area contributed by atoms with Crippen LogP contribution in [0.3, 0.4) is 0 Å². The lowest BCUT2D eigenvalue weighted by Crippen LogP contribution is -2.54. The predicted octanol–water partition coefficient (Wildman–Crippen LogP) is 11.7. The van der Waals surface area contributed by atoms with E-state index in [1.54, 1.807) is 0 Å². The molecule has 0 amide bonds. The highest BCUT2D eigenvalue weighted by molar-refractivity contribution is 6.14. The highest BCUT2D eigenvalue weighted by atomic mass is 15.2. The standard InChI is InChI=1S/C43H39N/c1-41(2)36-22-21-33-32-15-9-8-12-28(32)16-19-34(33)40(36)35-20-17-29(26-37(35)41)30-18-23-39-38(27-30)42(3)24-10-11-25-43(42,4)44(39)31-13-6-5-7-14-31/h5-9,12-23,26-27H,10-11,24-25H2,1-4H3. The van der Waals surface area contributed by atoms with Crippen LogP contribution >= 0.6 is 0 Å². The van der Waals surface area contributed by atoms with Crippen LogP contribution < -0.4 is 4.90 Å². The molecule has 1 heteroatoms. The molecule has 2 unspecified atom stereocenters. The fourth-order valence-electron chi connectivity index (χ4n) is 9.40. The molecule has 0 N–H and O–H groups in total. The van der Waals surface area contributed by atoms with E-state index in [9.17, 15) is 0 Å². The third-order valence-corrected chi connectivity index (χ3v) is 12.0. The largest absolute Gasteiger partial charge is 0.334 e. The summed E-state index contributed by atoms with van der Waals surface area (Å²) in [6.45, 7) is 9.86. The molecule has 1 nitrogen and oxygen atoms in total.